The lowest BCUT2D eigenvalue weighted by Gasteiger charge is -2.58. The smallest absolute Gasteiger partial charge is 0.251 e. The Bertz CT molecular complexity index is 868. The zero-order chi connectivity index (χ0) is 22.6. The second-order valence-electron chi connectivity index (χ2n) is 11.0. The van der Waals surface area contributed by atoms with Crippen LogP contribution in [0, 0.1) is 34.5 Å². The number of nitrogens with one attached hydrogen (secondary N) is 2. The fourth-order valence-corrected chi connectivity index (χ4v) is 7.58. The van der Waals surface area contributed by atoms with Crippen molar-refractivity contribution in [2.24, 2.45) is 34.5 Å². The van der Waals surface area contributed by atoms with Crippen LogP contribution in [-0.4, -0.2) is 24.8 Å². The van der Waals surface area contributed by atoms with Gasteiger partial charge in [0.05, 0.1) is 5.70 Å². The summed E-state index contributed by atoms with van der Waals surface area (Å²) in [6.45, 7) is 10.8. The van der Waals surface area contributed by atoms with E-state index in [0.717, 1.165) is 19.3 Å². The first kappa shape index (κ1) is 22.5. The maximum atomic E-state index is 13.4. The van der Waals surface area contributed by atoms with Crippen molar-refractivity contribution in [3.05, 3.63) is 35.1 Å². The highest BCUT2D eigenvalue weighted by Gasteiger charge is 2.59. The van der Waals surface area contributed by atoms with Crippen LogP contribution in [0.3, 0.4) is 0 Å². The molecule has 2 N–H and O–H groups in total. The Morgan fingerprint density at radius 3 is 2.65 bits per heavy atom. The second kappa shape index (κ2) is 8.03. The molecule has 0 unspecified atom stereocenters. The van der Waals surface area contributed by atoms with Gasteiger partial charge in [0.1, 0.15) is 0 Å². The Kier molecular flexibility index (Phi) is 5.83. The third-order valence-corrected chi connectivity index (χ3v) is 9.77. The van der Waals surface area contributed by atoms with Crippen molar-refractivity contribution >= 4 is 11.7 Å². The quantitative estimate of drug-likeness (QED) is 0.497. The molecule has 0 aromatic heterocycles. The highest BCUT2D eigenvalue weighted by Crippen LogP contribution is 2.65. The fraction of sp³-hybridized carbons (Fsp3) is 0.704. The maximum absolute atomic E-state index is 13.4. The summed E-state index contributed by atoms with van der Waals surface area (Å²) in [5.41, 5.74) is 3.16. The molecule has 1 amide bonds. The van der Waals surface area contributed by atoms with Gasteiger partial charge < -0.3 is 10.6 Å². The number of amides is 1. The summed E-state index contributed by atoms with van der Waals surface area (Å²) in [7, 11) is 2.08. The molecule has 0 heterocycles. The van der Waals surface area contributed by atoms with Crippen LogP contribution in [0.4, 0.5) is 0 Å². The molecule has 0 bridgehead atoms. The molecule has 4 aliphatic rings. The summed E-state index contributed by atoms with van der Waals surface area (Å²) in [6, 6.07) is 0.521. The lowest BCUT2D eigenvalue weighted by atomic mass is 9.46. The molecule has 4 aliphatic carbocycles. The van der Waals surface area contributed by atoms with Gasteiger partial charge in [0.25, 0.3) is 5.91 Å². The van der Waals surface area contributed by atoms with E-state index in [1.807, 2.05) is 13.0 Å². The maximum Gasteiger partial charge on any atom is 0.251 e. The van der Waals surface area contributed by atoms with Crippen molar-refractivity contribution in [3.8, 4) is 0 Å². The van der Waals surface area contributed by atoms with Gasteiger partial charge in [-0.3, -0.25) is 9.59 Å². The van der Waals surface area contributed by atoms with Crippen LogP contribution >= 0.6 is 0 Å². The highest BCUT2D eigenvalue weighted by molar-refractivity contribution is 6.04. The predicted octanol–water partition coefficient (Wildman–Crippen LogP) is 4.93. The number of hydrogen-bond donors (Lipinski definition) is 2. The molecule has 2 fully saturated rings. The van der Waals surface area contributed by atoms with Gasteiger partial charge in [0.15, 0.2) is 5.78 Å². The van der Waals surface area contributed by atoms with Crippen LogP contribution < -0.4 is 10.6 Å². The zero-order valence-corrected chi connectivity index (χ0v) is 20.2. The third-order valence-electron chi connectivity index (χ3n) is 9.77. The number of Topliss-reactive ketones (excluding diaryl/α,β-unsaturated/α-hetero) is 1. The molecule has 4 nitrogen and oxygen atoms in total. The number of hydrogen-bond acceptors (Lipinski definition) is 3. The summed E-state index contributed by atoms with van der Waals surface area (Å²) < 4.78 is 0. The monoisotopic (exact) mass is 424 g/mol. The van der Waals surface area contributed by atoms with Crippen LogP contribution in [0.2, 0.25) is 0 Å². The molecule has 7 atom stereocenters. The van der Waals surface area contributed by atoms with E-state index in [2.05, 4.69) is 44.5 Å². The fourth-order valence-electron chi connectivity index (χ4n) is 7.58. The summed E-state index contributed by atoms with van der Waals surface area (Å²) in [6.07, 6.45) is 12.9. The number of allylic oxidation sites excluding steroid dienone is 5. The molecule has 31 heavy (non-hydrogen) atoms. The number of rotatable bonds is 4. The van der Waals surface area contributed by atoms with Crippen molar-refractivity contribution < 1.29 is 9.59 Å². The largest absolute Gasteiger partial charge is 0.319 e. The molecule has 2 saturated carbocycles. The average Bonchev–Trinajstić information content (AvgIpc) is 3.11. The summed E-state index contributed by atoms with van der Waals surface area (Å²) in [5, 5.41) is 6.40. The zero-order valence-electron chi connectivity index (χ0n) is 20.2. The first-order chi connectivity index (χ1) is 14.7. The van der Waals surface area contributed by atoms with Gasteiger partial charge in [-0.05, 0) is 94.9 Å². The van der Waals surface area contributed by atoms with Crippen LogP contribution in [0.15, 0.2) is 35.1 Å². The number of carbonyl (C=O) groups is 2. The van der Waals surface area contributed by atoms with Crippen molar-refractivity contribution in [1.29, 1.82) is 0 Å². The minimum atomic E-state index is -0.159. The Balaban J connectivity index is 1.58. The van der Waals surface area contributed by atoms with Crippen LogP contribution in [0.5, 0.6) is 0 Å². The van der Waals surface area contributed by atoms with E-state index in [0.29, 0.717) is 40.5 Å². The Morgan fingerprint density at radius 2 is 1.97 bits per heavy atom. The minimum absolute atomic E-state index is 0.00124. The van der Waals surface area contributed by atoms with Gasteiger partial charge in [-0.15, -0.1) is 0 Å². The molecule has 0 spiro atoms. The van der Waals surface area contributed by atoms with E-state index >= 15 is 0 Å². The molecular formula is C27H40N2O2. The topological polar surface area (TPSA) is 58.2 Å². The molecule has 4 heteroatoms. The van der Waals surface area contributed by atoms with Gasteiger partial charge in [0.2, 0.25) is 0 Å². The minimum Gasteiger partial charge on any atom is -0.319 e. The highest BCUT2D eigenvalue weighted by atomic mass is 16.2. The van der Waals surface area contributed by atoms with Crippen LogP contribution in [-0.2, 0) is 9.59 Å². The molecule has 0 aliphatic heterocycles. The van der Waals surface area contributed by atoms with E-state index in [9.17, 15) is 9.59 Å². The van der Waals surface area contributed by atoms with Crippen LogP contribution in [0.25, 0.3) is 0 Å². The lowest BCUT2D eigenvalue weighted by molar-refractivity contribution is -0.133. The molecule has 0 aromatic rings. The average molecular weight is 425 g/mol. The molecule has 0 radical (unpaired) electrons. The number of carbonyl (C=O) groups excluding carboxylic acids is 2. The van der Waals surface area contributed by atoms with Crippen LogP contribution in [0.1, 0.15) is 73.1 Å². The molecule has 4 rings (SSSR count). The van der Waals surface area contributed by atoms with E-state index in [4.69, 9.17) is 0 Å². The van der Waals surface area contributed by atoms with Crippen molar-refractivity contribution in [2.45, 2.75) is 79.2 Å². The molecular weight excluding hydrogens is 384 g/mol. The number of ketones is 1. The predicted molar refractivity (Wildman–Crippen MR) is 125 cm³/mol. The first-order valence-electron chi connectivity index (χ1n) is 12.2. The van der Waals surface area contributed by atoms with Crippen molar-refractivity contribution in [1.82, 2.24) is 10.6 Å². The van der Waals surface area contributed by atoms with Gasteiger partial charge in [0, 0.05) is 17.5 Å². The molecule has 0 saturated heterocycles. The third kappa shape index (κ3) is 3.37. The standard InChI is InChI=1S/C27H40N2O2/c1-7-16(2)25(31)29-23-13-15-27(5)21-12-14-26(4)19(17(3)28-6)10-11-20(26)18(21)8-9-22(27)24(23)30/h7,11,13,17-19,21-22,28H,8-10,12,14-15H2,1-6H3,(H,29,31)/b16-7+/t17-,18-,19+,21-,22-,26+,27+/m0/s1. The number of fused-ring (bicyclic) bond motifs is 5. The van der Waals surface area contributed by atoms with Crippen molar-refractivity contribution in [2.75, 3.05) is 7.05 Å². The van der Waals surface area contributed by atoms with E-state index < -0.39 is 0 Å². The normalized spacial score (nSPS) is 40.8. The Hall–Kier alpha value is -1.68. The van der Waals surface area contributed by atoms with Gasteiger partial charge in [-0.1, -0.05) is 37.6 Å². The Labute approximate surface area is 188 Å². The SMILES string of the molecule is C/C=C(\C)C(=O)NC1=CC[C@@]2(C)[C@@H](CC[C@H]3C4=CC[C@H]([C@H](C)NC)[C@@]4(C)CC[C@@H]32)C1=O. The first-order valence-corrected chi connectivity index (χ1v) is 12.2. The van der Waals surface area contributed by atoms with E-state index in [1.165, 1.54) is 19.3 Å². The molecule has 0 aromatic carbocycles. The summed E-state index contributed by atoms with van der Waals surface area (Å²) >= 11 is 0. The second-order valence-corrected chi connectivity index (χ2v) is 11.0. The summed E-state index contributed by atoms with van der Waals surface area (Å²) in [4.78, 5) is 25.8. The van der Waals surface area contributed by atoms with Gasteiger partial charge >= 0.3 is 0 Å². The molecule has 170 valence electrons. The van der Waals surface area contributed by atoms with E-state index in [1.54, 1.807) is 18.6 Å². The van der Waals surface area contributed by atoms with Gasteiger partial charge in [-0.2, -0.15) is 0 Å². The lowest BCUT2D eigenvalue weighted by Crippen LogP contribution is -2.54. The van der Waals surface area contributed by atoms with Crippen molar-refractivity contribution in [3.63, 3.8) is 0 Å². The summed E-state index contributed by atoms with van der Waals surface area (Å²) in [5.74, 6) is 1.86. The van der Waals surface area contributed by atoms with E-state index in [-0.39, 0.29) is 23.0 Å². The van der Waals surface area contributed by atoms with Gasteiger partial charge in [-0.25, -0.2) is 0 Å². The Morgan fingerprint density at radius 1 is 1.23 bits per heavy atom.